The summed E-state index contributed by atoms with van der Waals surface area (Å²) in [5.74, 6) is -1.05. The second-order valence-electron chi connectivity index (χ2n) is 4.83. The van der Waals surface area contributed by atoms with Crippen molar-refractivity contribution in [2.45, 2.75) is 31.9 Å². The maximum absolute atomic E-state index is 11.5. The Labute approximate surface area is 144 Å². The van der Waals surface area contributed by atoms with Gasteiger partial charge in [-0.1, -0.05) is 12.1 Å². The number of alkyl carbamates (subject to hydrolysis) is 1. The van der Waals surface area contributed by atoms with E-state index in [4.69, 9.17) is 15.6 Å². The van der Waals surface area contributed by atoms with Crippen molar-refractivity contribution >= 4 is 30.2 Å². The maximum atomic E-state index is 11.5. The maximum Gasteiger partial charge on any atom is 0.407 e. The Hall–Kier alpha value is -2.39. The van der Waals surface area contributed by atoms with Gasteiger partial charge in [0.05, 0.1) is 10.5 Å². The van der Waals surface area contributed by atoms with E-state index in [1.165, 1.54) is 18.2 Å². The number of hydrogen-bond donors (Lipinski definition) is 3. The summed E-state index contributed by atoms with van der Waals surface area (Å²) in [4.78, 5) is 32.3. The molecule has 0 radical (unpaired) electrons. The molecule has 0 saturated heterocycles. The molecule has 0 aromatic heterocycles. The van der Waals surface area contributed by atoms with Crippen LogP contribution in [-0.2, 0) is 16.1 Å². The largest absolute Gasteiger partial charge is 0.480 e. The lowest BCUT2D eigenvalue weighted by atomic mass is 10.1. The number of hydrogen-bond acceptors (Lipinski definition) is 6. The number of nitro benzene ring substituents is 1. The van der Waals surface area contributed by atoms with E-state index in [2.05, 4.69) is 5.32 Å². The highest BCUT2D eigenvalue weighted by molar-refractivity contribution is 5.85. The number of carboxylic acid groups (broad SMARTS) is 1. The number of benzene rings is 1. The molecule has 9 nitrogen and oxygen atoms in total. The van der Waals surface area contributed by atoms with Crippen LogP contribution < -0.4 is 11.1 Å². The van der Waals surface area contributed by atoms with Crippen molar-refractivity contribution in [2.24, 2.45) is 5.73 Å². The number of ether oxygens (including phenoxy) is 1. The molecule has 10 heteroatoms. The Morgan fingerprint density at radius 1 is 1.33 bits per heavy atom. The fraction of sp³-hybridized carbons (Fsp3) is 0.429. The minimum atomic E-state index is -1.05. The van der Waals surface area contributed by atoms with Crippen molar-refractivity contribution < 1.29 is 24.4 Å². The van der Waals surface area contributed by atoms with E-state index in [0.29, 0.717) is 31.4 Å². The molecule has 0 fully saturated rings. The van der Waals surface area contributed by atoms with E-state index in [0.717, 1.165) is 0 Å². The number of nitrogens with one attached hydrogen (secondary N) is 1. The average molecular weight is 362 g/mol. The summed E-state index contributed by atoms with van der Waals surface area (Å²) in [7, 11) is 0. The highest BCUT2D eigenvalue weighted by Gasteiger charge is 2.14. The molecule has 0 bridgehead atoms. The van der Waals surface area contributed by atoms with Gasteiger partial charge >= 0.3 is 12.1 Å². The third-order valence-electron chi connectivity index (χ3n) is 3.08. The number of nitrogens with zero attached hydrogens (tertiary/aromatic N) is 1. The van der Waals surface area contributed by atoms with Crippen LogP contribution in [0.5, 0.6) is 0 Å². The number of carbonyl (C=O) groups excluding carboxylic acids is 1. The lowest BCUT2D eigenvalue weighted by Gasteiger charge is -2.08. The van der Waals surface area contributed by atoms with Gasteiger partial charge in [0, 0.05) is 12.6 Å². The van der Waals surface area contributed by atoms with Crippen LogP contribution in [0.4, 0.5) is 10.5 Å². The predicted octanol–water partition coefficient (Wildman–Crippen LogP) is 1.82. The normalized spacial score (nSPS) is 11.0. The van der Waals surface area contributed by atoms with E-state index >= 15 is 0 Å². The number of aliphatic carboxylic acids is 1. The lowest BCUT2D eigenvalue weighted by molar-refractivity contribution is -0.385. The number of carboxylic acids is 1. The van der Waals surface area contributed by atoms with E-state index < -0.39 is 23.0 Å². The minimum Gasteiger partial charge on any atom is -0.480 e. The number of amides is 1. The van der Waals surface area contributed by atoms with Crippen LogP contribution in [0.2, 0.25) is 0 Å². The molecule has 1 amide bonds. The Balaban J connectivity index is 0.00000529. The third kappa shape index (κ3) is 7.75. The van der Waals surface area contributed by atoms with E-state index in [1.54, 1.807) is 6.07 Å². The molecule has 0 heterocycles. The van der Waals surface area contributed by atoms with Gasteiger partial charge in [-0.05, 0) is 25.3 Å². The van der Waals surface area contributed by atoms with Gasteiger partial charge in [-0.2, -0.15) is 0 Å². The Bertz CT molecular complexity index is 569. The quantitative estimate of drug-likeness (QED) is 0.345. The van der Waals surface area contributed by atoms with Crippen LogP contribution in [0.25, 0.3) is 0 Å². The smallest absolute Gasteiger partial charge is 0.407 e. The molecular formula is C14H20ClN3O6. The van der Waals surface area contributed by atoms with Crippen molar-refractivity contribution in [3.63, 3.8) is 0 Å². The Kier molecular flexibility index (Phi) is 10.1. The monoisotopic (exact) mass is 361 g/mol. The van der Waals surface area contributed by atoms with Crippen LogP contribution in [0.15, 0.2) is 24.3 Å². The predicted molar refractivity (Wildman–Crippen MR) is 88.0 cm³/mol. The topological polar surface area (TPSA) is 145 Å². The van der Waals surface area contributed by atoms with Crippen LogP contribution in [0, 0.1) is 10.1 Å². The molecule has 4 N–H and O–H groups in total. The molecule has 0 spiro atoms. The minimum absolute atomic E-state index is 0. The Morgan fingerprint density at radius 2 is 2.00 bits per heavy atom. The first-order valence-electron chi connectivity index (χ1n) is 7.03. The van der Waals surface area contributed by atoms with Crippen LogP contribution in [-0.4, -0.2) is 34.7 Å². The molecule has 1 aromatic carbocycles. The Morgan fingerprint density at radius 3 is 2.62 bits per heavy atom. The SMILES string of the molecule is Cl.N[C@@H](CCCCNC(=O)OCc1ccccc1[N+](=O)[O-])C(=O)O. The number of halogens is 1. The molecule has 24 heavy (non-hydrogen) atoms. The molecule has 0 saturated carbocycles. The van der Waals surface area contributed by atoms with Crippen LogP contribution >= 0.6 is 12.4 Å². The standard InChI is InChI=1S/C14H19N3O6.ClH/c15-11(13(18)19)6-3-4-8-16-14(20)23-9-10-5-1-2-7-12(10)17(21)22;/h1-2,5,7,11H,3-4,6,8-9,15H2,(H,16,20)(H,18,19);1H/t11-;/m0./s1. The van der Waals surface area contributed by atoms with Gasteiger partial charge in [0.1, 0.15) is 12.6 Å². The number of rotatable bonds is 9. The van der Waals surface area contributed by atoms with Crippen molar-refractivity contribution in [2.75, 3.05) is 6.54 Å². The number of para-hydroxylation sites is 1. The van der Waals surface area contributed by atoms with Gasteiger partial charge in [0.2, 0.25) is 0 Å². The molecule has 0 aliphatic rings. The van der Waals surface area contributed by atoms with Gasteiger partial charge < -0.3 is 20.9 Å². The summed E-state index contributed by atoms with van der Waals surface area (Å²) >= 11 is 0. The summed E-state index contributed by atoms with van der Waals surface area (Å²) in [6.07, 6.45) is 0.743. The van der Waals surface area contributed by atoms with E-state index in [1.807, 2.05) is 0 Å². The van der Waals surface area contributed by atoms with Crippen molar-refractivity contribution in [1.82, 2.24) is 5.32 Å². The average Bonchev–Trinajstić information content (AvgIpc) is 2.52. The fourth-order valence-corrected chi connectivity index (χ4v) is 1.81. The summed E-state index contributed by atoms with van der Waals surface area (Å²) in [6.45, 7) is 0.106. The first-order chi connectivity index (χ1) is 10.9. The fourth-order valence-electron chi connectivity index (χ4n) is 1.81. The first kappa shape index (κ1) is 21.6. The lowest BCUT2D eigenvalue weighted by Crippen LogP contribution is -2.30. The van der Waals surface area contributed by atoms with Crippen LogP contribution in [0.3, 0.4) is 0 Å². The van der Waals surface area contributed by atoms with Crippen molar-refractivity contribution in [3.05, 3.63) is 39.9 Å². The number of nitro groups is 1. The van der Waals surface area contributed by atoms with Gasteiger partial charge in [-0.15, -0.1) is 12.4 Å². The van der Waals surface area contributed by atoms with E-state index in [-0.39, 0.29) is 24.7 Å². The number of carbonyl (C=O) groups is 2. The second-order valence-corrected chi connectivity index (χ2v) is 4.83. The zero-order valence-corrected chi connectivity index (χ0v) is 13.7. The first-order valence-corrected chi connectivity index (χ1v) is 7.03. The van der Waals surface area contributed by atoms with Crippen LogP contribution in [0.1, 0.15) is 24.8 Å². The highest BCUT2D eigenvalue weighted by Crippen LogP contribution is 2.18. The molecule has 0 aliphatic carbocycles. The second kappa shape index (κ2) is 11.2. The van der Waals surface area contributed by atoms with Gasteiger partial charge in [0.15, 0.2) is 0 Å². The number of unbranched alkanes of at least 4 members (excludes halogenated alkanes) is 1. The summed E-state index contributed by atoms with van der Waals surface area (Å²) in [6, 6.07) is 5.10. The van der Waals surface area contributed by atoms with Gasteiger partial charge in [0.25, 0.3) is 5.69 Å². The van der Waals surface area contributed by atoms with Crippen molar-refractivity contribution in [3.8, 4) is 0 Å². The summed E-state index contributed by atoms with van der Waals surface area (Å²) in [5.41, 5.74) is 5.54. The summed E-state index contributed by atoms with van der Waals surface area (Å²) in [5, 5.41) is 21.9. The molecule has 1 atom stereocenters. The third-order valence-corrected chi connectivity index (χ3v) is 3.08. The van der Waals surface area contributed by atoms with E-state index in [9.17, 15) is 19.7 Å². The van der Waals surface area contributed by atoms with Gasteiger partial charge in [-0.3, -0.25) is 14.9 Å². The molecule has 0 unspecified atom stereocenters. The molecule has 0 aliphatic heterocycles. The van der Waals surface area contributed by atoms with Gasteiger partial charge in [-0.25, -0.2) is 4.79 Å². The molecular weight excluding hydrogens is 342 g/mol. The molecule has 1 aromatic rings. The number of nitrogens with two attached hydrogens (primary N) is 1. The van der Waals surface area contributed by atoms with Crippen molar-refractivity contribution in [1.29, 1.82) is 0 Å². The molecule has 1 rings (SSSR count). The zero-order valence-electron chi connectivity index (χ0n) is 12.8. The zero-order chi connectivity index (χ0) is 17.2. The summed E-state index contributed by atoms with van der Waals surface area (Å²) < 4.78 is 4.91. The molecule has 134 valence electrons. The highest BCUT2D eigenvalue weighted by atomic mass is 35.5.